The maximum atomic E-state index is 12.6. The zero-order chi connectivity index (χ0) is 15.5. The highest BCUT2D eigenvalue weighted by molar-refractivity contribution is 5.85. The topological polar surface area (TPSA) is 60.0 Å². The van der Waals surface area contributed by atoms with Crippen molar-refractivity contribution < 1.29 is 19.0 Å². The van der Waals surface area contributed by atoms with Gasteiger partial charge in [0.05, 0.1) is 27.4 Å². The SMILES string of the molecule is COc1cc2c(cc1OC)CN(C(=O)C1COCCN1)CC2.Cl. The normalized spacial score (nSPS) is 20.3. The third-order valence-electron chi connectivity index (χ3n) is 4.25. The number of morpholine rings is 1. The van der Waals surface area contributed by atoms with Crippen LogP contribution in [0.15, 0.2) is 12.1 Å². The van der Waals surface area contributed by atoms with E-state index in [1.165, 1.54) is 5.56 Å². The van der Waals surface area contributed by atoms with Crippen molar-refractivity contribution in [3.63, 3.8) is 0 Å². The van der Waals surface area contributed by atoms with Gasteiger partial charge in [0.25, 0.3) is 0 Å². The summed E-state index contributed by atoms with van der Waals surface area (Å²) in [6, 6.07) is 3.76. The Labute approximate surface area is 142 Å². The first-order valence-corrected chi connectivity index (χ1v) is 7.56. The fourth-order valence-electron chi connectivity index (χ4n) is 3.02. The lowest BCUT2D eigenvalue weighted by atomic mass is 9.98. The number of nitrogens with one attached hydrogen (secondary N) is 1. The molecule has 2 heterocycles. The molecule has 0 aliphatic carbocycles. The van der Waals surface area contributed by atoms with Gasteiger partial charge in [0.1, 0.15) is 6.04 Å². The molecule has 1 N–H and O–H groups in total. The fourth-order valence-corrected chi connectivity index (χ4v) is 3.02. The van der Waals surface area contributed by atoms with Gasteiger partial charge in [0.2, 0.25) is 5.91 Å². The minimum atomic E-state index is -0.226. The lowest BCUT2D eigenvalue weighted by molar-refractivity contribution is -0.137. The number of carbonyl (C=O) groups is 1. The first-order chi connectivity index (χ1) is 10.7. The van der Waals surface area contributed by atoms with Crippen LogP contribution in [-0.4, -0.2) is 57.4 Å². The molecule has 0 aromatic heterocycles. The van der Waals surface area contributed by atoms with Gasteiger partial charge < -0.3 is 24.4 Å². The minimum Gasteiger partial charge on any atom is -0.493 e. The van der Waals surface area contributed by atoms with Crippen LogP contribution in [0.25, 0.3) is 0 Å². The van der Waals surface area contributed by atoms with Gasteiger partial charge in [-0.1, -0.05) is 0 Å². The van der Waals surface area contributed by atoms with Gasteiger partial charge in [0, 0.05) is 19.6 Å². The Kier molecular flexibility index (Phi) is 6.10. The maximum absolute atomic E-state index is 12.6. The van der Waals surface area contributed by atoms with Crippen molar-refractivity contribution in [3.05, 3.63) is 23.3 Å². The van der Waals surface area contributed by atoms with E-state index < -0.39 is 0 Å². The molecule has 1 unspecified atom stereocenters. The number of methoxy groups -OCH3 is 2. The number of benzene rings is 1. The van der Waals surface area contributed by atoms with Crippen molar-refractivity contribution >= 4 is 18.3 Å². The maximum Gasteiger partial charge on any atom is 0.242 e. The van der Waals surface area contributed by atoms with E-state index in [0.29, 0.717) is 25.5 Å². The first-order valence-electron chi connectivity index (χ1n) is 7.56. The molecule has 2 aliphatic rings. The van der Waals surface area contributed by atoms with Crippen LogP contribution in [0.2, 0.25) is 0 Å². The molecule has 1 aromatic rings. The quantitative estimate of drug-likeness (QED) is 0.888. The summed E-state index contributed by atoms with van der Waals surface area (Å²) in [5.41, 5.74) is 2.34. The number of amides is 1. The number of hydrogen-bond acceptors (Lipinski definition) is 5. The second-order valence-corrected chi connectivity index (χ2v) is 5.57. The van der Waals surface area contributed by atoms with E-state index in [-0.39, 0.29) is 24.4 Å². The van der Waals surface area contributed by atoms with E-state index in [9.17, 15) is 4.79 Å². The molecule has 128 valence electrons. The summed E-state index contributed by atoms with van der Waals surface area (Å²) >= 11 is 0. The largest absolute Gasteiger partial charge is 0.493 e. The third-order valence-corrected chi connectivity index (χ3v) is 4.25. The smallest absolute Gasteiger partial charge is 0.242 e. The summed E-state index contributed by atoms with van der Waals surface area (Å²) in [7, 11) is 3.26. The summed E-state index contributed by atoms with van der Waals surface area (Å²) < 4.78 is 16.1. The van der Waals surface area contributed by atoms with Crippen molar-refractivity contribution in [2.45, 2.75) is 19.0 Å². The molecule has 1 fully saturated rings. The number of carbonyl (C=O) groups excluding carboxylic acids is 1. The lowest BCUT2D eigenvalue weighted by Gasteiger charge is -2.33. The highest BCUT2D eigenvalue weighted by Gasteiger charge is 2.29. The highest BCUT2D eigenvalue weighted by Crippen LogP contribution is 2.33. The predicted molar refractivity (Wildman–Crippen MR) is 88.5 cm³/mol. The summed E-state index contributed by atoms with van der Waals surface area (Å²) in [4.78, 5) is 14.5. The van der Waals surface area contributed by atoms with E-state index in [4.69, 9.17) is 14.2 Å². The summed E-state index contributed by atoms with van der Waals surface area (Å²) in [6.45, 7) is 3.18. The van der Waals surface area contributed by atoms with Gasteiger partial charge >= 0.3 is 0 Å². The number of ether oxygens (including phenoxy) is 3. The lowest BCUT2D eigenvalue weighted by Crippen LogP contribution is -2.53. The standard InChI is InChI=1S/C16H22N2O4.ClH/c1-20-14-7-11-3-5-18(9-12(11)8-15(14)21-2)16(19)13-10-22-6-4-17-13;/h7-8,13,17H,3-6,9-10H2,1-2H3;1H. The van der Waals surface area contributed by atoms with Crippen molar-refractivity contribution in [1.29, 1.82) is 0 Å². The monoisotopic (exact) mass is 342 g/mol. The number of fused-ring (bicyclic) bond motifs is 1. The van der Waals surface area contributed by atoms with Gasteiger partial charge in [-0.15, -0.1) is 12.4 Å². The van der Waals surface area contributed by atoms with Gasteiger partial charge in [0.15, 0.2) is 11.5 Å². The van der Waals surface area contributed by atoms with Gasteiger partial charge in [-0.2, -0.15) is 0 Å². The van der Waals surface area contributed by atoms with E-state index in [1.807, 2.05) is 17.0 Å². The summed E-state index contributed by atoms with van der Waals surface area (Å²) in [5, 5.41) is 3.22. The predicted octanol–water partition coefficient (Wildman–Crippen LogP) is 0.999. The van der Waals surface area contributed by atoms with Crippen molar-refractivity contribution in [2.75, 3.05) is 40.5 Å². The van der Waals surface area contributed by atoms with Crippen LogP contribution in [0.4, 0.5) is 0 Å². The molecule has 1 atom stereocenters. The Balaban J connectivity index is 0.00000192. The fraction of sp³-hybridized carbons (Fsp3) is 0.562. The average molecular weight is 343 g/mol. The van der Waals surface area contributed by atoms with Gasteiger partial charge in [-0.3, -0.25) is 4.79 Å². The molecule has 1 amide bonds. The zero-order valence-corrected chi connectivity index (χ0v) is 14.3. The zero-order valence-electron chi connectivity index (χ0n) is 13.5. The third kappa shape index (κ3) is 3.71. The van der Waals surface area contributed by atoms with E-state index in [0.717, 1.165) is 30.8 Å². The van der Waals surface area contributed by atoms with E-state index in [1.54, 1.807) is 14.2 Å². The second-order valence-electron chi connectivity index (χ2n) is 5.57. The molecule has 7 heteroatoms. The Hall–Kier alpha value is -1.50. The van der Waals surface area contributed by atoms with Crippen molar-refractivity contribution in [3.8, 4) is 11.5 Å². The number of rotatable bonds is 3. The van der Waals surface area contributed by atoms with Crippen LogP contribution in [0.5, 0.6) is 11.5 Å². The Morgan fingerprint density at radius 2 is 1.96 bits per heavy atom. The van der Waals surface area contributed by atoms with Gasteiger partial charge in [-0.05, 0) is 29.7 Å². The molecule has 2 aliphatic heterocycles. The number of nitrogens with zero attached hydrogens (tertiary/aromatic N) is 1. The first kappa shape index (κ1) is 17.8. The summed E-state index contributed by atoms with van der Waals surface area (Å²) in [5.74, 6) is 1.55. The van der Waals surface area contributed by atoms with E-state index >= 15 is 0 Å². The van der Waals surface area contributed by atoms with Crippen molar-refractivity contribution in [1.82, 2.24) is 10.2 Å². The number of hydrogen-bond donors (Lipinski definition) is 1. The molecule has 0 bridgehead atoms. The van der Waals surface area contributed by atoms with E-state index in [2.05, 4.69) is 5.32 Å². The van der Waals surface area contributed by atoms with Gasteiger partial charge in [-0.25, -0.2) is 0 Å². The highest BCUT2D eigenvalue weighted by atomic mass is 35.5. The average Bonchev–Trinajstić information content (AvgIpc) is 2.60. The van der Waals surface area contributed by atoms with Crippen LogP contribution in [0, 0.1) is 0 Å². The van der Waals surface area contributed by atoms with Crippen molar-refractivity contribution in [2.24, 2.45) is 0 Å². The molecule has 0 radical (unpaired) electrons. The molecule has 0 spiro atoms. The molecule has 1 aromatic carbocycles. The molecule has 1 saturated heterocycles. The Bertz CT molecular complexity index is 561. The molecule has 23 heavy (non-hydrogen) atoms. The molecular weight excluding hydrogens is 320 g/mol. The molecule has 6 nitrogen and oxygen atoms in total. The summed E-state index contributed by atoms with van der Waals surface area (Å²) in [6.07, 6.45) is 0.828. The number of halogens is 1. The molecule has 0 saturated carbocycles. The van der Waals surface area contributed by atoms with Crippen LogP contribution in [-0.2, 0) is 22.5 Å². The minimum absolute atomic E-state index is 0. The van der Waals surface area contributed by atoms with Crippen LogP contribution in [0.1, 0.15) is 11.1 Å². The second kappa shape index (κ2) is 7.86. The molecular formula is C16H23ClN2O4. The Morgan fingerprint density at radius 3 is 2.57 bits per heavy atom. The van der Waals surface area contributed by atoms with Crippen LogP contribution >= 0.6 is 12.4 Å². The molecule has 3 rings (SSSR count). The van der Waals surface area contributed by atoms with Crippen LogP contribution in [0.3, 0.4) is 0 Å². The van der Waals surface area contributed by atoms with Crippen LogP contribution < -0.4 is 14.8 Å². The Morgan fingerprint density at radius 1 is 1.26 bits per heavy atom.